The maximum Gasteiger partial charge on any atom is 0.355 e. The molecule has 1 aliphatic carbocycles. The van der Waals surface area contributed by atoms with Crippen molar-refractivity contribution in [1.82, 2.24) is 4.98 Å². The van der Waals surface area contributed by atoms with E-state index in [-0.39, 0.29) is 11.1 Å². The van der Waals surface area contributed by atoms with Crippen LogP contribution < -0.4 is 5.43 Å². The molecule has 1 aliphatic rings. The summed E-state index contributed by atoms with van der Waals surface area (Å²) in [6.07, 6.45) is -0.486. The van der Waals surface area contributed by atoms with Crippen LogP contribution in [0.4, 0.5) is 0 Å². The highest BCUT2D eigenvalue weighted by Gasteiger charge is 2.31. The lowest BCUT2D eigenvalue weighted by atomic mass is 10.1. The number of carbonyl (C=O) groups is 1. The number of nitrogens with one attached hydrogen (secondary N) is 1. The van der Waals surface area contributed by atoms with Crippen molar-refractivity contribution in [2.24, 2.45) is 0 Å². The molecule has 0 saturated heterocycles. The Morgan fingerprint density at radius 1 is 0.815 bits per heavy atom. The van der Waals surface area contributed by atoms with Crippen LogP contribution in [-0.4, -0.2) is 11.0 Å². The molecule has 1 N–H and O–H groups in total. The monoisotopic (exact) mass is 353 g/mol. The Bertz CT molecular complexity index is 1210. The van der Waals surface area contributed by atoms with Gasteiger partial charge in [0.1, 0.15) is 5.69 Å². The first-order chi connectivity index (χ1) is 13.2. The standard InChI is InChI=1S/C23H15NO3/c25-21-13-20(24-19-12-6-5-11-18(19)21)23(26)27-22-16-9-3-1-7-14(16)15-8-2-4-10-17(15)22/h1-13,22H,(H,24,25). The molecule has 0 fully saturated rings. The molecule has 4 heteroatoms. The average molecular weight is 353 g/mol. The second kappa shape index (κ2) is 5.95. The minimum absolute atomic E-state index is 0.153. The van der Waals surface area contributed by atoms with E-state index in [1.807, 2.05) is 54.6 Å². The number of esters is 1. The number of ether oxygens (including phenoxy) is 1. The second-order valence-electron chi connectivity index (χ2n) is 6.55. The van der Waals surface area contributed by atoms with Gasteiger partial charge in [-0.2, -0.15) is 0 Å². The Hall–Kier alpha value is -3.66. The largest absolute Gasteiger partial charge is 0.448 e. The molecule has 0 spiro atoms. The van der Waals surface area contributed by atoms with Gasteiger partial charge in [0.25, 0.3) is 0 Å². The highest BCUT2D eigenvalue weighted by molar-refractivity contribution is 5.92. The zero-order valence-electron chi connectivity index (χ0n) is 14.3. The fourth-order valence-electron chi connectivity index (χ4n) is 3.71. The van der Waals surface area contributed by atoms with Crippen molar-refractivity contribution in [3.05, 3.63) is 106 Å². The summed E-state index contributed by atoms with van der Waals surface area (Å²) in [6.45, 7) is 0. The van der Waals surface area contributed by atoms with E-state index < -0.39 is 12.1 Å². The van der Waals surface area contributed by atoms with E-state index in [4.69, 9.17) is 4.74 Å². The first-order valence-corrected chi connectivity index (χ1v) is 8.73. The summed E-state index contributed by atoms with van der Waals surface area (Å²) in [5.74, 6) is -0.547. The SMILES string of the molecule is O=C(OC1c2ccccc2-c2ccccc21)c1cc(=O)c2ccccc2[nH]1. The van der Waals surface area contributed by atoms with Gasteiger partial charge in [0.05, 0.1) is 0 Å². The van der Waals surface area contributed by atoms with Crippen LogP contribution in [0.5, 0.6) is 0 Å². The lowest BCUT2D eigenvalue weighted by molar-refractivity contribution is 0.0379. The number of pyridine rings is 1. The zero-order chi connectivity index (χ0) is 18.4. The van der Waals surface area contributed by atoms with Crippen molar-refractivity contribution >= 4 is 16.9 Å². The molecular formula is C23H15NO3. The van der Waals surface area contributed by atoms with Gasteiger partial charge in [-0.25, -0.2) is 4.79 Å². The number of H-pyrrole nitrogens is 1. The zero-order valence-corrected chi connectivity index (χ0v) is 14.3. The average Bonchev–Trinajstić information content (AvgIpc) is 3.02. The number of hydrogen-bond acceptors (Lipinski definition) is 3. The molecule has 0 bridgehead atoms. The molecule has 0 amide bonds. The summed E-state index contributed by atoms with van der Waals surface area (Å²) in [4.78, 5) is 28.1. The van der Waals surface area contributed by atoms with E-state index in [2.05, 4.69) is 4.98 Å². The summed E-state index contributed by atoms with van der Waals surface area (Å²) in [5.41, 5.74) is 4.61. The highest BCUT2D eigenvalue weighted by Crippen LogP contribution is 2.45. The van der Waals surface area contributed by atoms with E-state index in [9.17, 15) is 9.59 Å². The normalized spacial score (nSPS) is 12.6. The quantitative estimate of drug-likeness (QED) is 0.542. The van der Waals surface area contributed by atoms with Crippen molar-refractivity contribution in [2.75, 3.05) is 0 Å². The number of hydrogen-bond donors (Lipinski definition) is 1. The van der Waals surface area contributed by atoms with Gasteiger partial charge in [-0.3, -0.25) is 4.79 Å². The molecule has 4 nitrogen and oxygen atoms in total. The van der Waals surface area contributed by atoms with Crippen molar-refractivity contribution in [1.29, 1.82) is 0 Å². The Morgan fingerprint density at radius 2 is 1.41 bits per heavy atom. The molecule has 0 aliphatic heterocycles. The number of carbonyl (C=O) groups excluding carboxylic acids is 1. The topological polar surface area (TPSA) is 59.2 Å². The second-order valence-corrected chi connectivity index (χ2v) is 6.55. The Morgan fingerprint density at radius 3 is 2.11 bits per heavy atom. The van der Waals surface area contributed by atoms with Gasteiger partial charge >= 0.3 is 5.97 Å². The van der Waals surface area contributed by atoms with Crippen molar-refractivity contribution < 1.29 is 9.53 Å². The van der Waals surface area contributed by atoms with E-state index in [0.717, 1.165) is 22.3 Å². The fraction of sp³-hybridized carbons (Fsp3) is 0.0435. The number of fused-ring (bicyclic) bond motifs is 4. The molecule has 0 atom stereocenters. The maximum atomic E-state index is 12.8. The Kier molecular flexibility index (Phi) is 3.44. The molecule has 0 saturated carbocycles. The van der Waals surface area contributed by atoms with Crippen molar-refractivity contribution in [3.8, 4) is 11.1 Å². The van der Waals surface area contributed by atoms with Crippen LogP contribution >= 0.6 is 0 Å². The highest BCUT2D eigenvalue weighted by atomic mass is 16.5. The molecule has 130 valence electrons. The molecule has 27 heavy (non-hydrogen) atoms. The smallest absolute Gasteiger partial charge is 0.355 e. The van der Waals surface area contributed by atoms with Crippen LogP contribution in [0.2, 0.25) is 0 Å². The fourth-order valence-corrected chi connectivity index (χ4v) is 3.71. The van der Waals surface area contributed by atoms with Crippen LogP contribution in [0.3, 0.4) is 0 Å². The first kappa shape index (κ1) is 15.6. The third-order valence-corrected chi connectivity index (χ3v) is 4.96. The third-order valence-electron chi connectivity index (χ3n) is 4.96. The van der Waals surface area contributed by atoms with Gasteiger partial charge in [-0.15, -0.1) is 0 Å². The minimum Gasteiger partial charge on any atom is -0.448 e. The Labute approximate surface area is 155 Å². The number of para-hydroxylation sites is 1. The van der Waals surface area contributed by atoms with E-state index in [1.165, 1.54) is 6.07 Å². The summed E-state index contributed by atoms with van der Waals surface area (Å²) in [6, 6.07) is 24.2. The molecule has 0 radical (unpaired) electrons. The molecule has 1 aromatic heterocycles. The Balaban J connectivity index is 1.56. The van der Waals surface area contributed by atoms with Gasteiger partial charge in [-0.05, 0) is 23.3 Å². The predicted octanol–water partition coefficient (Wildman–Crippen LogP) is 4.45. The summed E-state index contributed by atoms with van der Waals surface area (Å²) >= 11 is 0. The van der Waals surface area contributed by atoms with E-state index >= 15 is 0 Å². The number of rotatable bonds is 2. The predicted molar refractivity (Wildman–Crippen MR) is 104 cm³/mol. The lowest BCUT2D eigenvalue weighted by Crippen LogP contribution is -2.15. The minimum atomic E-state index is -0.547. The molecular weight excluding hydrogens is 338 g/mol. The molecule has 0 unspecified atom stereocenters. The van der Waals surface area contributed by atoms with Gasteiger partial charge in [-0.1, -0.05) is 60.7 Å². The third kappa shape index (κ3) is 2.46. The van der Waals surface area contributed by atoms with Gasteiger partial charge in [0.2, 0.25) is 0 Å². The maximum absolute atomic E-state index is 12.8. The van der Waals surface area contributed by atoms with Crippen LogP contribution in [0.1, 0.15) is 27.7 Å². The van der Waals surface area contributed by atoms with Crippen LogP contribution in [0.25, 0.3) is 22.0 Å². The molecule has 3 aromatic carbocycles. The molecule has 5 rings (SSSR count). The van der Waals surface area contributed by atoms with Crippen LogP contribution in [0, 0.1) is 0 Å². The molecule has 1 heterocycles. The van der Waals surface area contributed by atoms with E-state index in [1.54, 1.807) is 18.2 Å². The number of aromatic nitrogens is 1. The summed E-state index contributed by atoms with van der Waals surface area (Å²) < 4.78 is 5.85. The molecule has 4 aromatic rings. The van der Waals surface area contributed by atoms with Crippen LogP contribution in [0.15, 0.2) is 83.7 Å². The summed E-state index contributed by atoms with van der Waals surface area (Å²) in [7, 11) is 0. The first-order valence-electron chi connectivity index (χ1n) is 8.73. The lowest BCUT2D eigenvalue weighted by Gasteiger charge is -2.15. The van der Waals surface area contributed by atoms with Gasteiger partial charge in [0.15, 0.2) is 11.5 Å². The van der Waals surface area contributed by atoms with Crippen LogP contribution in [-0.2, 0) is 4.74 Å². The van der Waals surface area contributed by atoms with Gasteiger partial charge in [0, 0.05) is 28.1 Å². The summed E-state index contributed by atoms with van der Waals surface area (Å²) in [5, 5.41) is 0.547. The number of aromatic amines is 1. The van der Waals surface area contributed by atoms with Crippen molar-refractivity contribution in [2.45, 2.75) is 6.10 Å². The van der Waals surface area contributed by atoms with Crippen molar-refractivity contribution in [3.63, 3.8) is 0 Å². The van der Waals surface area contributed by atoms with Gasteiger partial charge < -0.3 is 9.72 Å². The number of benzene rings is 3. The van der Waals surface area contributed by atoms with E-state index in [0.29, 0.717) is 10.9 Å².